The van der Waals surface area contributed by atoms with Crippen molar-refractivity contribution < 1.29 is 28.8 Å². The van der Waals surface area contributed by atoms with E-state index in [1.165, 1.54) is 7.11 Å². The zero-order valence-corrected chi connectivity index (χ0v) is 19.7. The third-order valence-electron chi connectivity index (χ3n) is 6.61. The number of hydrogen-bond acceptors (Lipinski definition) is 6. The highest BCUT2D eigenvalue weighted by atomic mass is 35.5. The van der Waals surface area contributed by atoms with Crippen molar-refractivity contribution in [2.75, 3.05) is 7.11 Å². The van der Waals surface area contributed by atoms with Gasteiger partial charge in [-0.15, -0.1) is 25.6 Å². The highest BCUT2D eigenvalue weighted by molar-refractivity contribution is 5.85. The van der Waals surface area contributed by atoms with Crippen LogP contribution in [0.15, 0.2) is 25.3 Å². The molecule has 1 N–H and O–H groups in total. The molecule has 1 unspecified atom stereocenters. The summed E-state index contributed by atoms with van der Waals surface area (Å²) in [5.74, 6) is -0.211. The number of aliphatic hydroxyl groups is 1. The molecule has 0 amide bonds. The van der Waals surface area contributed by atoms with Crippen LogP contribution < -0.4 is 0 Å². The molecule has 3 aliphatic rings. The van der Waals surface area contributed by atoms with Crippen LogP contribution in [0.25, 0.3) is 0 Å². The third-order valence-corrected chi connectivity index (χ3v) is 6.61. The Balaban J connectivity index is -0.000000471. The van der Waals surface area contributed by atoms with Crippen molar-refractivity contribution in [3.63, 3.8) is 0 Å². The quantitative estimate of drug-likeness (QED) is 0.476. The maximum atomic E-state index is 9.76. The second-order valence-corrected chi connectivity index (χ2v) is 8.40. The number of hydrogen-bond donors (Lipinski definition) is 1. The Bertz CT molecular complexity index is 571. The lowest BCUT2D eigenvalue weighted by molar-refractivity contribution is -0.223. The predicted octanol–water partition coefficient (Wildman–Crippen LogP) is 6.12. The SMILES string of the molecule is C.C.C.C=C[C@]1(CC)OC(OC)[C@H](O)[C@@H]1C.C=C[C@]1(CC)O[C@@H]2OC(C)(C)O[C@@H]2[C@@H]1C.Cl. The van der Waals surface area contributed by atoms with E-state index in [0.29, 0.717) is 0 Å². The molecule has 0 aliphatic carbocycles. The summed E-state index contributed by atoms with van der Waals surface area (Å²) in [6.07, 6.45) is 4.05. The molecule has 0 bridgehead atoms. The van der Waals surface area contributed by atoms with Gasteiger partial charge in [0.1, 0.15) is 12.2 Å². The summed E-state index contributed by atoms with van der Waals surface area (Å²) in [5, 5.41) is 9.76. The zero-order chi connectivity index (χ0) is 21.3. The van der Waals surface area contributed by atoms with Gasteiger partial charge in [0.25, 0.3) is 0 Å². The van der Waals surface area contributed by atoms with Crippen molar-refractivity contribution in [3.8, 4) is 0 Å². The van der Waals surface area contributed by atoms with Crippen LogP contribution >= 0.6 is 12.4 Å². The van der Waals surface area contributed by atoms with Crippen LogP contribution in [0.1, 0.15) is 76.7 Å². The van der Waals surface area contributed by atoms with Crippen molar-refractivity contribution >= 4 is 12.4 Å². The van der Waals surface area contributed by atoms with E-state index >= 15 is 0 Å². The van der Waals surface area contributed by atoms with Gasteiger partial charge < -0.3 is 28.8 Å². The van der Waals surface area contributed by atoms with Crippen molar-refractivity contribution in [1.82, 2.24) is 0 Å². The third kappa shape index (κ3) is 6.35. The van der Waals surface area contributed by atoms with Crippen molar-refractivity contribution in [2.24, 2.45) is 11.8 Å². The molecule has 32 heavy (non-hydrogen) atoms. The summed E-state index contributed by atoms with van der Waals surface area (Å²) in [6.45, 7) is 19.7. The van der Waals surface area contributed by atoms with Gasteiger partial charge in [-0.3, -0.25) is 0 Å². The second-order valence-electron chi connectivity index (χ2n) is 8.40. The molecule has 3 heterocycles. The standard InChI is InChI=1S/C12H20O3.C10H18O3.3CH4.ClH/c1-6-12(7-2)8(3)9-10(15-12)14-11(4,5)13-9;1-5-10(6-2)7(3)8(11)9(12-4)13-10;;;;/h6,8-10H,1,7H2,2-5H3;5,7-9,11H,1,6H2,2-4H3;3*1H4;1H/t8-,9+,10-,12+;7-,8+,9?,10+;;;;/m00..../s1. The summed E-state index contributed by atoms with van der Waals surface area (Å²) < 4.78 is 28.2. The van der Waals surface area contributed by atoms with Crippen molar-refractivity contribution in [3.05, 3.63) is 25.3 Å². The smallest absolute Gasteiger partial charge is 0.188 e. The van der Waals surface area contributed by atoms with Gasteiger partial charge >= 0.3 is 0 Å². The fourth-order valence-corrected chi connectivity index (χ4v) is 4.46. The fourth-order valence-electron chi connectivity index (χ4n) is 4.46. The molecule has 6 nitrogen and oxygen atoms in total. The Labute approximate surface area is 204 Å². The molecule has 3 fully saturated rings. The molecular weight excluding hydrogens is 432 g/mol. The van der Waals surface area contributed by atoms with E-state index < -0.39 is 23.8 Å². The van der Waals surface area contributed by atoms with Gasteiger partial charge in [-0.25, -0.2) is 0 Å². The van der Waals surface area contributed by atoms with Crippen molar-refractivity contribution in [1.29, 1.82) is 0 Å². The summed E-state index contributed by atoms with van der Waals surface area (Å²) >= 11 is 0. The first kappa shape index (κ1) is 36.1. The second kappa shape index (κ2) is 13.4. The summed E-state index contributed by atoms with van der Waals surface area (Å²) in [4.78, 5) is 0. The van der Waals surface area contributed by atoms with Crippen LogP contribution in [0.2, 0.25) is 0 Å². The van der Waals surface area contributed by atoms with Crippen LogP contribution in [0.3, 0.4) is 0 Å². The summed E-state index contributed by atoms with van der Waals surface area (Å²) in [6, 6.07) is 0. The van der Waals surface area contributed by atoms with Crippen LogP contribution in [0.4, 0.5) is 0 Å². The average Bonchev–Trinajstić information content (AvgIpc) is 3.22. The average molecular weight is 483 g/mol. The van der Waals surface area contributed by atoms with E-state index in [1.54, 1.807) is 6.08 Å². The fraction of sp³-hybridized carbons (Fsp3) is 0.840. The first-order chi connectivity index (χ1) is 13.0. The minimum Gasteiger partial charge on any atom is -0.387 e. The first-order valence-electron chi connectivity index (χ1n) is 10.2. The van der Waals surface area contributed by atoms with Crippen LogP contribution in [0, 0.1) is 11.8 Å². The highest BCUT2D eigenvalue weighted by Crippen LogP contribution is 2.47. The Morgan fingerprint density at radius 3 is 1.66 bits per heavy atom. The Kier molecular flexibility index (Phi) is 15.1. The maximum Gasteiger partial charge on any atom is 0.188 e. The lowest BCUT2D eigenvalue weighted by Crippen LogP contribution is -2.37. The van der Waals surface area contributed by atoms with E-state index in [-0.39, 0.29) is 64.5 Å². The zero-order valence-electron chi connectivity index (χ0n) is 18.8. The molecule has 194 valence electrons. The van der Waals surface area contributed by atoms with Crippen LogP contribution in [0.5, 0.6) is 0 Å². The minimum absolute atomic E-state index is 0. The van der Waals surface area contributed by atoms with Gasteiger partial charge in [-0.1, -0.05) is 62.1 Å². The Morgan fingerprint density at radius 2 is 1.34 bits per heavy atom. The number of rotatable bonds is 5. The lowest BCUT2D eigenvalue weighted by Gasteiger charge is -2.31. The topological polar surface area (TPSA) is 66.4 Å². The summed E-state index contributed by atoms with van der Waals surface area (Å²) in [7, 11) is 1.54. The number of halogens is 1. The Morgan fingerprint density at radius 1 is 0.875 bits per heavy atom. The molecule has 0 aromatic rings. The van der Waals surface area contributed by atoms with Crippen molar-refractivity contribution in [2.45, 2.75) is 118 Å². The first-order valence-corrected chi connectivity index (χ1v) is 10.2. The van der Waals surface area contributed by atoms with Gasteiger partial charge in [0.2, 0.25) is 0 Å². The van der Waals surface area contributed by atoms with Gasteiger partial charge in [0.05, 0.1) is 11.2 Å². The lowest BCUT2D eigenvalue weighted by atomic mass is 9.85. The molecule has 3 aliphatic heterocycles. The van der Waals surface area contributed by atoms with Crippen LogP contribution in [-0.2, 0) is 23.7 Å². The number of fused-ring (bicyclic) bond motifs is 1. The Hall–Kier alpha value is -0.470. The van der Waals surface area contributed by atoms with E-state index in [4.69, 9.17) is 23.7 Å². The molecule has 7 heteroatoms. The van der Waals surface area contributed by atoms with Gasteiger partial charge in [-0.2, -0.15) is 0 Å². The maximum absolute atomic E-state index is 9.76. The molecule has 3 saturated heterocycles. The van der Waals surface area contributed by atoms with Gasteiger partial charge in [0.15, 0.2) is 18.4 Å². The van der Waals surface area contributed by atoms with E-state index in [0.717, 1.165) is 12.8 Å². The molecule has 3 rings (SSSR count). The predicted molar refractivity (Wildman–Crippen MR) is 135 cm³/mol. The molecule has 0 saturated carbocycles. The molecule has 0 radical (unpaired) electrons. The summed E-state index contributed by atoms with van der Waals surface area (Å²) in [5.41, 5.74) is -0.716. The number of methoxy groups -OCH3 is 1. The molecule has 8 atom stereocenters. The molecular formula is C25H51ClO6. The van der Waals surface area contributed by atoms with E-state index in [9.17, 15) is 5.11 Å². The monoisotopic (exact) mass is 482 g/mol. The molecule has 0 spiro atoms. The minimum atomic E-state index is -0.567. The van der Waals surface area contributed by atoms with Crippen LogP contribution in [-0.4, -0.2) is 54.0 Å². The molecule has 0 aromatic heterocycles. The van der Waals surface area contributed by atoms with E-state index in [2.05, 4.69) is 27.0 Å². The highest BCUT2D eigenvalue weighted by Gasteiger charge is 2.58. The largest absolute Gasteiger partial charge is 0.387 e. The number of aliphatic hydroxyl groups excluding tert-OH is 1. The van der Waals surface area contributed by atoms with Gasteiger partial charge in [-0.05, 0) is 26.7 Å². The normalized spacial score (nSPS) is 40.8. The van der Waals surface area contributed by atoms with Gasteiger partial charge in [0, 0.05) is 18.9 Å². The number of ether oxygens (including phenoxy) is 5. The van der Waals surface area contributed by atoms with E-state index in [1.807, 2.05) is 33.8 Å². The molecule has 0 aromatic carbocycles.